The fourth-order valence-corrected chi connectivity index (χ4v) is 2.69. The van der Waals surface area contributed by atoms with Crippen molar-refractivity contribution in [2.24, 2.45) is 0 Å². The van der Waals surface area contributed by atoms with Gasteiger partial charge in [0.25, 0.3) is 0 Å². The number of aromatic nitrogens is 2. The zero-order valence-corrected chi connectivity index (χ0v) is 12.6. The molecule has 1 aromatic carbocycles. The Morgan fingerprint density at radius 1 is 1.24 bits per heavy atom. The van der Waals surface area contributed by atoms with Crippen LogP contribution in [-0.2, 0) is 11.3 Å². The molecule has 4 heteroatoms. The van der Waals surface area contributed by atoms with E-state index in [0.717, 1.165) is 43.5 Å². The second-order valence-electron chi connectivity index (χ2n) is 5.60. The first kappa shape index (κ1) is 14.0. The summed E-state index contributed by atoms with van der Waals surface area (Å²) in [6, 6.07) is 12.5. The van der Waals surface area contributed by atoms with E-state index in [0.29, 0.717) is 5.92 Å². The van der Waals surface area contributed by atoms with Crippen molar-refractivity contribution in [2.45, 2.75) is 25.8 Å². The molecule has 0 spiro atoms. The maximum absolute atomic E-state index is 5.47. The Kier molecular flexibility index (Phi) is 4.15. The van der Waals surface area contributed by atoms with Gasteiger partial charge in [0.05, 0.1) is 12.3 Å². The van der Waals surface area contributed by atoms with Crippen LogP contribution in [0.3, 0.4) is 0 Å². The van der Waals surface area contributed by atoms with Gasteiger partial charge in [-0.3, -0.25) is 0 Å². The Labute approximate surface area is 125 Å². The normalized spacial score (nSPS) is 17.9. The summed E-state index contributed by atoms with van der Waals surface area (Å²) in [5.41, 5.74) is 2.39. The number of rotatable bonds is 4. The van der Waals surface area contributed by atoms with Crippen LogP contribution in [0.2, 0.25) is 0 Å². The molecule has 2 heterocycles. The summed E-state index contributed by atoms with van der Waals surface area (Å²) in [6.45, 7) is 4.41. The van der Waals surface area contributed by atoms with Crippen molar-refractivity contribution in [3.8, 4) is 0 Å². The molecule has 2 aromatic rings. The van der Waals surface area contributed by atoms with Gasteiger partial charge in [-0.25, -0.2) is 9.97 Å². The van der Waals surface area contributed by atoms with Crippen LogP contribution < -0.4 is 4.90 Å². The molecule has 1 aliphatic rings. The molecule has 1 unspecified atom stereocenters. The highest BCUT2D eigenvalue weighted by Gasteiger charge is 2.20. The Bertz CT molecular complexity index is 594. The smallest absolute Gasteiger partial charge is 0.132 e. The third-order valence-electron chi connectivity index (χ3n) is 3.85. The maximum atomic E-state index is 5.47. The molecular formula is C17H21N3O. The van der Waals surface area contributed by atoms with E-state index in [1.54, 1.807) is 0 Å². The molecule has 0 radical (unpaired) electrons. The van der Waals surface area contributed by atoms with Gasteiger partial charge < -0.3 is 9.64 Å². The molecule has 4 nitrogen and oxygen atoms in total. The largest absolute Gasteiger partial charge is 0.381 e. The molecule has 21 heavy (non-hydrogen) atoms. The van der Waals surface area contributed by atoms with Crippen LogP contribution >= 0.6 is 0 Å². The number of ether oxygens (including phenoxy) is 1. The lowest BCUT2D eigenvalue weighted by Gasteiger charge is -2.20. The minimum atomic E-state index is 0.413. The third kappa shape index (κ3) is 3.39. The Morgan fingerprint density at radius 3 is 2.76 bits per heavy atom. The molecule has 0 aliphatic carbocycles. The lowest BCUT2D eigenvalue weighted by atomic mass is 10.0. The highest BCUT2D eigenvalue weighted by Crippen LogP contribution is 2.26. The minimum Gasteiger partial charge on any atom is -0.381 e. The first-order valence-corrected chi connectivity index (χ1v) is 7.41. The predicted molar refractivity (Wildman–Crippen MR) is 83.5 cm³/mol. The van der Waals surface area contributed by atoms with Crippen LogP contribution in [0.25, 0.3) is 0 Å². The minimum absolute atomic E-state index is 0.413. The van der Waals surface area contributed by atoms with Gasteiger partial charge in [-0.2, -0.15) is 0 Å². The van der Waals surface area contributed by atoms with Crippen molar-refractivity contribution in [1.82, 2.24) is 9.97 Å². The van der Waals surface area contributed by atoms with Gasteiger partial charge in [-0.05, 0) is 18.9 Å². The monoisotopic (exact) mass is 283 g/mol. The molecule has 0 amide bonds. The molecule has 1 atom stereocenters. The lowest BCUT2D eigenvalue weighted by molar-refractivity contribution is 0.193. The molecule has 1 saturated heterocycles. The molecule has 0 saturated carbocycles. The van der Waals surface area contributed by atoms with Crippen LogP contribution in [0.5, 0.6) is 0 Å². The summed E-state index contributed by atoms with van der Waals surface area (Å²) in [4.78, 5) is 11.3. The van der Waals surface area contributed by atoms with Crippen molar-refractivity contribution < 1.29 is 4.74 Å². The SMILES string of the molecule is Cc1nc(C2CCOC2)cc(N(C)Cc2ccccc2)n1. The molecule has 1 aliphatic heterocycles. The van der Waals surface area contributed by atoms with Gasteiger partial charge in [0.2, 0.25) is 0 Å². The molecular weight excluding hydrogens is 262 g/mol. The van der Waals surface area contributed by atoms with Crippen LogP contribution in [-0.4, -0.2) is 30.2 Å². The van der Waals surface area contributed by atoms with Gasteiger partial charge in [0, 0.05) is 32.2 Å². The summed E-state index contributed by atoms with van der Waals surface area (Å²) in [5, 5.41) is 0. The van der Waals surface area contributed by atoms with Crippen molar-refractivity contribution in [2.75, 3.05) is 25.2 Å². The highest BCUT2D eigenvalue weighted by atomic mass is 16.5. The molecule has 1 fully saturated rings. The van der Waals surface area contributed by atoms with Crippen LogP contribution in [0.15, 0.2) is 36.4 Å². The fourth-order valence-electron chi connectivity index (χ4n) is 2.69. The van der Waals surface area contributed by atoms with Crippen molar-refractivity contribution in [1.29, 1.82) is 0 Å². The average Bonchev–Trinajstić information content (AvgIpc) is 3.02. The molecule has 110 valence electrons. The molecule has 3 rings (SSSR count). The number of hydrogen-bond acceptors (Lipinski definition) is 4. The van der Waals surface area contributed by atoms with Crippen LogP contribution in [0, 0.1) is 6.92 Å². The fraction of sp³-hybridized carbons (Fsp3) is 0.412. The van der Waals surface area contributed by atoms with E-state index in [-0.39, 0.29) is 0 Å². The predicted octanol–water partition coefficient (Wildman–Crippen LogP) is 2.93. The van der Waals surface area contributed by atoms with E-state index in [9.17, 15) is 0 Å². The number of hydrogen-bond donors (Lipinski definition) is 0. The summed E-state index contributed by atoms with van der Waals surface area (Å²) < 4.78 is 5.47. The van der Waals surface area contributed by atoms with E-state index < -0.39 is 0 Å². The van der Waals surface area contributed by atoms with Crippen molar-refractivity contribution in [3.05, 3.63) is 53.5 Å². The third-order valence-corrected chi connectivity index (χ3v) is 3.85. The van der Waals surface area contributed by atoms with E-state index in [2.05, 4.69) is 52.2 Å². The average molecular weight is 283 g/mol. The van der Waals surface area contributed by atoms with E-state index in [1.165, 1.54) is 5.56 Å². The summed E-state index contributed by atoms with van der Waals surface area (Å²) in [6.07, 6.45) is 1.05. The number of benzene rings is 1. The first-order valence-electron chi connectivity index (χ1n) is 7.41. The Balaban J connectivity index is 1.80. The van der Waals surface area contributed by atoms with E-state index in [4.69, 9.17) is 4.74 Å². The maximum Gasteiger partial charge on any atom is 0.132 e. The van der Waals surface area contributed by atoms with Gasteiger partial charge in [-0.15, -0.1) is 0 Å². The Morgan fingerprint density at radius 2 is 2.05 bits per heavy atom. The second kappa shape index (κ2) is 6.22. The molecule has 0 N–H and O–H groups in total. The standard InChI is InChI=1S/C17H21N3O/c1-13-18-16(15-8-9-21-12-15)10-17(19-13)20(2)11-14-6-4-3-5-7-14/h3-7,10,15H,8-9,11-12H2,1-2H3. The van der Waals surface area contributed by atoms with Gasteiger partial charge in [-0.1, -0.05) is 30.3 Å². The topological polar surface area (TPSA) is 38.2 Å². The molecule has 1 aromatic heterocycles. The van der Waals surface area contributed by atoms with Crippen molar-refractivity contribution in [3.63, 3.8) is 0 Å². The lowest BCUT2D eigenvalue weighted by Crippen LogP contribution is -2.19. The zero-order valence-electron chi connectivity index (χ0n) is 12.6. The summed E-state index contributed by atoms with van der Waals surface area (Å²) >= 11 is 0. The number of anilines is 1. The van der Waals surface area contributed by atoms with Gasteiger partial charge >= 0.3 is 0 Å². The Hall–Kier alpha value is -1.94. The number of aryl methyl sites for hydroxylation is 1. The second-order valence-corrected chi connectivity index (χ2v) is 5.60. The molecule has 0 bridgehead atoms. The van der Waals surface area contributed by atoms with E-state index in [1.807, 2.05) is 13.0 Å². The quantitative estimate of drug-likeness (QED) is 0.864. The van der Waals surface area contributed by atoms with Gasteiger partial charge in [0.1, 0.15) is 11.6 Å². The van der Waals surface area contributed by atoms with Crippen LogP contribution in [0.1, 0.15) is 29.4 Å². The van der Waals surface area contributed by atoms with Crippen molar-refractivity contribution >= 4 is 5.82 Å². The zero-order chi connectivity index (χ0) is 14.7. The summed E-state index contributed by atoms with van der Waals surface area (Å²) in [5.74, 6) is 2.22. The van der Waals surface area contributed by atoms with Crippen LogP contribution in [0.4, 0.5) is 5.82 Å². The van der Waals surface area contributed by atoms with Gasteiger partial charge in [0.15, 0.2) is 0 Å². The number of nitrogens with zero attached hydrogens (tertiary/aromatic N) is 3. The van der Waals surface area contributed by atoms with E-state index >= 15 is 0 Å². The highest BCUT2D eigenvalue weighted by molar-refractivity contribution is 5.41. The summed E-state index contributed by atoms with van der Waals surface area (Å²) in [7, 11) is 2.07. The first-order chi connectivity index (χ1) is 10.2.